The molecule has 3 aromatic heterocycles. The zero-order valence-electron chi connectivity index (χ0n) is 15.1. The van der Waals surface area contributed by atoms with Crippen molar-refractivity contribution in [3.8, 4) is 28.8 Å². The normalized spacial score (nSPS) is 18.0. The van der Waals surface area contributed by atoms with Gasteiger partial charge in [-0.25, -0.2) is 9.97 Å². The number of H-pyrrole nitrogens is 1. The van der Waals surface area contributed by atoms with E-state index in [0.29, 0.717) is 28.8 Å². The number of nitrogens with one attached hydrogen (secondary N) is 2. The average Bonchev–Trinajstić information content (AvgIpc) is 3.15. The Morgan fingerprint density at radius 2 is 2.00 bits per heavy atom. The number of hydrogen-bond acceptors (Lipinski definition) is 9. The van der Waals surface area contributed by atoms with Gasteiger partial charge in [0, 0.05) is 12.1 Å². The Morgan fingerprint density at radius 1 is 1.18 bits per heavy atom. The summed E-state index contributed by atoms with van der Waals surface area (Å²) in [5, 5.41) is 19.1. The summed E-state index contributed by atoms with van der Waals surface area (Å²) in [6.45, 7) is 0. The van der Waals surface area contributed by atoms with Gasteiger partial charge in [0.2, 0.25) is 0 Å². The van der Waals surface area contributed by atoms with Crippen LogP contribution >= 0.6 is 0 Å². The van der Waals surface area contributed by atoms with Crippen molar-refractivity contribution in [2.45, 2.75) is 25.0 Å². The van der Waals surface area contributed by atoms with E-state index < -0.39 is 0 Å². The number of nitrogens with zero attached hydrogens (tertiary/aromatic N) is 5. The minimum absolute atomic E-state index is 0.0668. The number of anilines is 2. The molecule has 10 heteroatoms. The Hall–Kier alpha value is -3.71. The van der Waals surface area contributed by atoms with Crippen LogP contribution in [-0.4, -0.2) is 44.4 Å². The number of aromatic amines is 1. The number of pyridine rings is 1. The molecule has 10 nitrogen and oxygen atoms in total. The second-order valence-electron chi connectivity index (χ2n) is 6.38. The largest absolute Gasteiger partial charge is 0.494 e. The highest BCUT2D eigenvalue weighted by Crippen LogP contribution is 2.39. The minimum Gasteiger partial charge on any atom is -0.494 e. The van der Waals surface area contributed by atoms with Crippen molar-refractivity contribution in [1.29, 1.82) is 5.26 Å². The van der Waals surface area contributed by atoms with E-state index in [4.69, 9.17) is 20.5 Å². The van der Waals surface area contributed by atoms with Crippen molar-refractivity contribution in [2.24, 2.45) is 5.73 Å². The molecule has 1 aliphatic carbocycles. The molecule has 142 valence electrons. The number of methoxy groups -OCH3 is 1. The smallest absolute Gasteiger partial charge is 0.158 e. The molecule has 0 radical (unpaired) electrons. The number of ether oxygens (including phenoxy) is 2. The summed E-state index contributed by atoms with van der Waals surface area (Å²) in [5.41, 5.74) is 7.51. The highest BCUT2D eigenvalue weighted by Gasteiger charge is 2.29. The zero-order chi connectivity index (χ0) is 19.5. The van der Waals surface area contributed by atoms with Crippen LogP contribution in [0.3, 0.4) is 0 Å². The molecule has 0 bridgehead atoms. The number of nitriles is 1. The van der Waals surface area contributed by atoms with Gasteiger partial charge >= 0.3 is 0 Å². The van der Waals surface area contributed by atoms with E-state index in [1.807, 2.05) is 6.07 Å². The van der Waals surface area contributed by atoms with Gasteiger partial charge in [-0.3, -0.25) is 10.1 Å². The third-order valence-electron chi connectivity index (χ3n) is 4.39. The second kappa shape index (κ2) is 7.50. The van der Waals surface area contributed by atoms with Crippen LogP contribution in [0, 0.1) is 11.3 Å². The summed E-state index contributed by atoms with van der Waals surface area (Å²) in [5.74, 6) is 2.17. The summed E-state index contributed by atoms with van der Waals surface area (Å²) in [6.07, 6.45) is 7.81. The fourth-order valence-corrected chi connectivity index (χ4v) is 2.91. The highest BCUT2D eigenvalue weighted by molar-refractivity contribution is 5.75. The Balaban J connectivity index is 1.59. The zero-order valence-corrected chi connectivity index (χ0v) is 15.1. The Kier molecular flexibility index (Phi) is 4.74. The Labute approximate surface area is 160 Å². The lowest BCUT2D eigenvalue weighted by Gasteiger charge is -2.33. The monoisotopic (exact) mass is 378 g/mol. The third-order valence-corrected chi connectivity index (χ3v) is 4.39. The molecule has 4 N–H and O–H groups in total. The molecule has 0 unspecified atom stereocenters. The van der Waals surface area contributed by atoms with Gasteiger partial charge in [0.05, 0.1) is 43.2 Å². The van der Waals surface area contributed by atoms with Crippen molar-refractivity contribution in [3.63, 3.8) is 0 Å². The maximum atomic E-state index is 8.80. The van der Waals surface area contributed by atoms with Crippen molar-refractivity contribution in [3.05, 3.63) is 36.5 Å². The summed E-state index contributed by atoms with van der Waals surface area (Å²) in [6, 6.07) is 3.91. The maximum Gasteiger partial charge on any atom is 0.158 e. The summed E-state index contributed by atoms with van der Waals surface area (Å²) in [4.78, 5) is 12.3. The Morgan fingerprint density at radius 3 is 2.68 bits per heavy atom. The topological polar surface area (TPSA) is 148 Å². The van der Waals surface area contributed by atoms with Gasteiger partial charge in [0.1, 0.15) is 23.7 Å². The first-order chi connectivity index (χ1) is 13.7. The van der Waals surface area contributed by atoms with E-state index in [1.165, 1.54) is 12.4 Å². The third kappa shape index (κ3) is 3.56. The fourth-order valence-electron chi connectivity index (χ4n) is 2.91. The predicted molar refractivity (Wildman–Crippen MR) is 100 cm³/mol. The fraction of sp³-hybridized carbons (Fsp3) is 0.278. The summed E-state index contributed by atoms with van der Waals surface area (Å²) < 4.78 is 11.5. The Bertz CT molecular complexity index is 1010. The first kappa shape index (κ1) is 17.7. The number of hydrogen-bond donors (Lipinski definition) is 3. The van der Waals surface area contributed by atoms with Gasteiger partial charge in [-0.15, -0.1) is 0 Å². The van der Waals surface area contributed by atoms with Gasteiger partial charge in [-0.1, -0.05) is 0 Å². The van der Waals surface area contributed by atoms with E-state index in [0.717, 1.165) is 18.4 Å². The van der Waals surface area contributed by atoms with Crippen molar-refractivity contribution < 1.29 is 9.47 Å². The van der Waals surface area contributed by atoms with Crippen molar-refractivity contribution in [1.82, 2.24) is 25.1 Å². The van der Waals surface area contributed by atoms with Crippen molar-refractivity contribution in [2.75, 3.05) is 12.4 Å². The van der Waals surface area contributed by atoms with Crippen LogP contribution in [0.4, 0.5) is 11.6 Å². The van der Waals surface area contributed by atoms with Gasteiger partial charge in [0.15, 0.2) is 17.3 Å². The average molecular weight is 378 g/mol. The van der Waals surface area contributed by atoms with Gasteiger partial charge in [0.25, 0.3) is 0 Å². The van der Waals surface area contributed by atoms with Crippen LogP contribution < -0.4 is 20.5 Å². The van der Waals surface area contributed by atoms with Gasteiger partial charge < -0.3 is 20.5 Å². The molecule has 0 aromatic carbocycles. The maximum absolute atomic E-state index is 8.80. The molecule has 0 aliphatic heterocycles. The van der Waals surface area contributed by atoms with E-state index in [1.54, 1.807) is 25.6 Å². The molecule has 4 rings (SSSR count). The number of aromatic nitrogens is 5. The molecule has 0 amide bonds. The minimum atomic E-state index is 0.0668. The molecular weight excluding hydrogens is 360 g/mol. The quantitative estimate of drug-likeness (QED) is 0.583. The molecular formula is C18H18N8O2. The lowest BCUT2D eigenvalue weighted by Crippen LogP contribution is -2.43. The molecule has 0 atom stereocenters. The number of nitrogens with two attached hydrogens (primary N) is 1. The summed E-state index contributed by atoms with van der Waals surface area (Å²) in [7, 11) is 1.57. The molecule has 1 aliphatic rings. The van der Waals surface area contributed by atoms with Gasteiger partial charge in [-0.05, 0) is 12.8 Å². The first-order valence-electron chi connectivity index (χ1n) is 8.65. The first-order valence-corrected chi connectivity index (χ1v) is 8.65. The van der Waals surface area contributed by atoms with Crippen LogP contribution in [0.25, 0.3) is 11.3 Å². The van der Waals surface area contributed by atoms with Crippen LogP contribution in [0.5, 0.6) is 11.5 Å². The predicted octanol–water partition coefficient (Wildman–Crippen LogP) is 1.75. The number of rotatable bonds is 6. The highest BCUT2D eigenvalue weighted by atomic mass is 16.5. The van der Waals surface area contributed by atoms with Crippen LogP contribution in [0.2, 0.25) is 0 Å². The molecule has 28 heavy (non-hydrogen) atoms. The SMILES string of the molecule is COc1cncc(O[C@H]2C[C@H](N)C2)c1-c1cc(Nc2cnc(C#N)cn2)n[nH]1. The molecule has 0 saturated heterocycles. The molecule has 3 aromatic rings. The molecule has 1 saturated carbocycles. The van der Waals surface area contributed by atoms with Crippen molar-refractivity contribution >= 4 is 11.6 Å². The van der Waals surface area contributed by atoms with E-state index in [-0.39, 0.29) is 17.8 Å². The van der Waals surface area contributed by atoms with Gasteiger partial charge in [-0.2, -0.15) is 10.4 Å². The standard InChI is InChI=1S/C18H18N8O2/c1-27-14-7-21-8-15(28-12-2-10(20)3-12)18(14)13-4-16(26-25-13)24-17-9-22-11(5-19)6-23-17/h4,6-10,12H,2-3,20H2,1H3,(H2,23,24,25,26)/t10-,12-. The second-order valence-corrected chi connectivity index (χ2v) is 6.38. The lowest BCUT2D eigenvalue weighted by atomic mass is 9.90. The van der Waals surface area contributed by atoms with Crippen LogP contribution in [0.15, 0.2) is 30.9 Å². The van der Waals surface area contributed by atoms with E-state index in [9.17, 15) is 0 Å². The lowest BCUT2D eigenvalue weighted by molar-refractivity contribution is 0.101. The molecule has 1 fully saturated rings. The molecule has 0 spiro atoms. The van der Waals surface area contributed by atoms with E-state index in [2.05, 4.69) is 30.5 Å². The molecule has 3 heterocycles. The van der Waals surface area contributed by atoms with E-state index >= 15 is 0 Å². The van der Waals surface area contributed by atoms with Crippen LogP contribution in [0.1, 0.15) is 18.5 Å². The van der Waals surface area contributed by atoms with Crippen LogP contribution in [-0.2, 0) is 0 Å². The summed E-state index contributed by atoms with van der Waals surface area (Å²) >= 11 is 0.